The van der Waals surface area contributed by atoms with Crippen LogP contribution >= 0.6 is 0 Å². The van der Waals surface area contributed by atoms with Crippen LogP contribution in [0.2, 0.25) is 0 Å². The molecule has 0 aliphatic heterocycles. The maximum absolute atomic E-state index is 12.1. The van der Waals surface area contributed by atoms with Gasteiger partial charge in [-0.2, -0.15) is 0 Å². The number of nitrogens with zero attached hydrogens (tertiary/aromatic N) is 1. The second kappa shape index (κ2) is 4.64. The summed E-state index contributed by atoms with van der Waals surface area (Å²) in [6.07, 6.45) is 1.07. The van der Waals surface area contributed by atoms with Crippen LogP contribution in [0.3, 0.4) is 0 Å². The van der Waals surface area contributed by atoms with E-state index in [1.165, 1.54) is 33.2 Å². The van der Waals surface area contributed by atoms with Crippen LogP contribution in [-0.4, -0.2) is 41.5 Å². The number of rotatable bonds is 3. The minimum atomic E-state index is -3.64. The zero-order valence-corrected chi connectivity index (χ0v) is 12.7. The molecule has 0 spiro atoms. The Hall–Kier alpha value is -0.920. The Bertz CT molecular complexity index is 673. The summed E-state index contributed by atoms with van der Waals surface area (Å²) in [4.78, 5) is 0.0934. The molecule has 0 aliphatic rings. The topological polar surface area (TPSA) is 71.5 Å². The highest BCUT2D eigenvalue weighted by Gasteiger charge is 2.24. The highest BCUT2D eigenvalue weighted by molar-refractivity contribution is 7.91. The summed E-state index contributed by atoms with van der Waals surface area (Å²) in [6, 6.07) is 2.97. The molecule has 1 rings (SSSR count). The zero-order valence-electron chi connectivity index (χ0n) is 11.1. The van der Waals surface area contributed by atoms with Crippen LogP contribution < -0.4 is 0 Å². The number of aryl methyl sites for hydroxylation is 1. The largest absolute Gasteiger partial charge is 0.242 e. The Morgan fingerprint density at radius 3 is 1.78 bits per heavy atom. The molecule has 0 atom stereocenters. The zero-order chi connectivity index (χ0) is 14.3. The van der Waals surface area contributed by atoms with Gasteiger partial charge in [0.15, 0.2) is 9.84 Å². The van der Waals surface area contributed by atoms with Crippen LogP contribution in [0.15, 0.2) is 21.9 Å². The summed E-state index contributed by atoms with van der Waals surface area (Å²) in [5, 5.41) is 0. The summed E-state index contributed by atoms with van der Waals surface area (Å²) in [5.41, 5.74) is 0.859. The van der Waals surface area contributed by atoms with Gasteiger partial charge in [-0.05, 0) is 37.1 Å². The standard InChI is InChI=1S/C11H17NO4S2/c1-8-6-10(17(5,13)14)9(2)11(7-8)18(15,16)12(3)4/h6-7H,1-5H3. The molecule has 7 heteroatoms. The number of benzene rings is 1. The first-order valence-electron chi connectivity index (χ1n) is 5.21. The molecule has 102 valence electrons. The van der Waals surface area contributed by atoms with Crippen molar-refractivity contribution in [2.45, 2.75) is 23.6 Å². The summed E-state index contributed by atoms with van der Waals surface area (Å²) in [6.45, 7) is 3.18. The van der Waals surface area contributed by atoms with Gasteiger partial charge in [-0.3, -0.25) is 0 Å². The van der Waals surface area contributed by atoms with E-state index >= 15 is 0 Å². The van der Waals surface area contributed by atoms with E-state index in [1.54, 1.807) is 6.92 Å². The lowest BCUT2D eigenvalue weighted by molar-refractivity contribution is 0.519. The third-order valence-corrected chi connectivity index (χ3v) is 5.78. The molecule has 0 aliphatic carbocycles. The summed E-state index contributed by atoms with van der Waals surface area (Å²) >= 11 is 0. The maximum atomic E-state index is 12.1. The number of sulfonamides is 1. The third-order valence-electron chi connectivity index (χ3n) is 2.61. The van der Waals surface area contributed by atoms with E-state index in [1.807, 2.05) is 0 Å². The van der Waals surface area contributed by atoms with Gasteiger partial charge >= 0.3 is 0 Å². The van der Waals surface area contributed by atoms with Crippen LogP contribution in [0.4, 0.5) is 0 Å². The van der Waals surface area contributed by atoms with E-state index in [2.05, 4.69) is 0 Å². The Labute approximate surface area is 108 Å². The fourth-order valence-electron chi connectivity index (χ4n) is 1.64. The Balaban J connectivity index is 3.75. The van der Waals surface area contributed by atoms with Gasteiger partial charge in [0.1, 0.15) is 0 Å². The van der Waals surface area contributed by atoms with E-state index in [4.69, 9.17) is 0 Å². The number of hydrogen-bond acceptors (Lipinski definition) is 4. The van der Waals surface area contributed by atoms with Crippen molar-refractivity contribution in [2.75, 3.05) is 20.4 Å². The fourth-order valence-corrected chi connectivity index (χ4v) is 4.00. The summed E-state index contributed by atoms with van der Waals surface area (Å²) in [5.74, 6) is 0. The lowest BCUT2D eigenvalue weighted by Crippen LogP contribution is -2.23. The highest BCUT2D eigenvalue weighted by Crippen LogP contribution is 2.26. The summed E-state index contributed by atoms with van der Waals surface area (Å²) in [7, 11) is -4.26. The van der Waals surface area contributed by atoms with E-state index in [-0.39, 0.29) is 15.4 Å². The van der Waals surface area contributed by atoms with Gasteiger partial charge in [0.25, 0.3) is 0 Å². The van der Waals surface area contributed by atoms with E-state index in [0.717, 1.165) is 10.6 Å². The Morgan fingerprint density at radius 2 is 1.39 bits per heavy atom. The molecule has 0 radical (unpaired) electrons. The monoisotopic (exact) mass is 291 g/mol. The first kappa shape index (κ1) is 15.1. The molecule has 0 N–H and O–H groups in total. The van der Waals surface area contributed by atoms with Gasteiger partial charge < -0.3 is 0 Å². The molecule has 0 fully saturated rings. The van der Waals surface area contributed by atoms with Crippen molar-refractivity contribution in [1.29, 1.82) is 0 Å². The normalized spacial score (nSPS) is 13.0. The van der Waals surface area contributed by atoms with Gasteiger partial charge in [0.2, 0.25) is 10.0 Å². The van der Waals surface area contributed by atoms with Crippen LogP contribution in [0, 0.1) is 13.8 Å². The van der Waals surface area contributed by atoms with Crippen molar-refractivity contribution < 1.29 is 16.8 Å². The van der Waals surface area contributed by atoms with Crippen LogP contribution in [-0.2, 0) is 19.9 Å². The second-order valence-electron chi connectivity index (χ2n) is 4.45. The lowest BCUT2D eigenvalue weighted by Gasteiger charge is -2.16. The Kier molecular flexibility index (Phi) is 3.90. The van der Waals surface area contributed by atoms with Crippen molar-refractivity contribution >= 4 is 19.9 Å². The van der Waals surface area contributed by atoms with Crippen LogP contribution in [0.1, 0.15) is 11.1 Å². The first-order valence-corrected chi connectivity index (χ1v) is 8.55. The molecule has 0 bridgehead atoms. The van der Waals surface area contributed by atoms with Crippen molar-refractivity contribution in [2.24, 2.45) is 0 Å². The predicted molar refractivity (Wildman–Crippen MR) is 69.9 cm³/mol. The summed E-state index contributed by atoms with van der Waals surface area (Å²) < 4.78 is 48.6. The van der Waals surface area contributed by atoms with Crippen molar-refractivity contribution in [3.63, 3.8) is 0 Å². The van der Waals surface area contributed by atoms with Crippen LogP contribution in [0.25, 0.3) is 0 Å². The predicted octanol–water partition coefficient (Wildman–Crippen LogP) is 0.957. The molecule has 0 unspecified atom stereocenters. The minimum Gasteiger partial charge on any atom is -0.224 e. The molecule has 18 heavy (non-hydrogen) atoms. The Morgan fingerprint density at radius 1 is 0.944 bits per heavy atom. The average molecular weight is 291 g/mol. The smallest absolute Gasteiger partial charge is 0.224 e. The maximum Gasteiger partial charge on any atom is 0.242 e. The first-order chi connectivity index (χ1) is 7.98. The van der Waals surface area contributed by atoms with Crippen molar-refractivity contribution in [1.82, 2.24) is 4.31 Å². The molecule has 0 saturated heterocycles. The van der Waals surface area contributed by atoms with E-state index < -0.39 is 19.9 Å². The molecule has 0 amide bonds. The molecular weight excluding hydrogens is 274 g/mol. The molecule has 1 aromatic carbocycles. The molecule has 0 saturated carbocycles. The SMILES string of the molecule is Cc1cc(S(C)(=O)=O)c(C)c(S(=O)(=O)N(C)C)c1. The second-order valence-corrected chi connectivity index (χ2v) is 8.55. The van der Waals surface area contributed by atoms with Gasteiger partial charge in [0, 0.05) is 20.4 Å². The lowest BCUT2D eigenvalue weighted by atomic mass is 10.2. The van der Waals surface area contributed by atoms with Gasteiger partial charge in [-0.1, -0.05) is 0 Å². The average Bonchev–Trinajstić information content (AvgIpc) is 2.18. The van der Waals surface area contributed by atoms with Crippen molar-refractivity contribution in [3.05, 3.63) is 23.3 Å². The van der Waals surface area contributed by atoms with Crippen LogP contribution in [0.5, 0.6) is 0 Å². The minimum absolute atomic E-state index is 0.0351. The molecule has 1 aromatic rings. The third kappa shape index (κ3) is 2.73. The highest BCUT2D eigenvalue weighted by atomic mass is 32.2. The molecule has 0 heterocycles. The van der Waals surface area contributed by atoms with Gasteiger partial charge in [-0.15, -0.1) is 0 Å². The van der Waals surface area contributed by atoms with Crippen molar-refractivity contribution in [3.8, 4) is 0 Å². The van der Waals surface area contributed by atoms with Gasteiger partial charge in [-0.25, -0.2) is 21.1 Å². The molecule has 5 nitrogen and oxygen atoms in total. The fraction of sp³-hybridized carbons (Fsp3) is 0.455. The van der Waals surface area contributed by atoms with Gasteiger partial charge in [0.05, 0.1) is 9.79 Å². The quantitative estimate of drug-likeness (QED) is 0.831. The number of hydrogen-bond donors (Lipinski definition) is 0. The van der Waals surface area contributed by atoms with E-state index in [9.17, 15) is 16.8 Å². The number of sulfone groups is 1. The molecular formula is C11H17NO4S2. The molecule has 0 aromatic heterocycles. The van der Waals surface area contributed by atoms with E-state index in [0.29, 0.717) is 5.56 Å².